The van der Waals surface area contributed by atoms with Gasteiger partial charge in [0.2, 0.25) is 0 Å². The number of rotatable bonds is 6. The summed E-state index contributed by atoms with van der Waals surface area (Å²) in [7, 11) is 0. The van der Waals surface area contributed by atoms with Gasteiger partial charge >= 0.3 is 0 Å². The van der Waals surface area contributed by atoms with Crippen molar-refractivity contribution in [1.29, 1.82) is 0 Å². The smallest absolute Gasteiger partial charge is 0.128 e. The molecule has 1 heterocycles. The Morgan fingerprint density at radius 2 is 1.80 bits per heavy atom. The lowest BCUT2D eigenvalue weighted by molar-refractivity contribution is 0.0294. The molecule has 0 bridgehead atoms. The molecular weight excluding hydrogens is 370 g/mol. The summed E-state index contributed by atoms with van der Waals surface area (Å²) in [6, 6.07) is 15.1. The molecule has 2 aromatic carbocycles. The molecule has 3 nitrogen and oxygen atoms in total. The summed E-state index contributed by atoms with van der Waals surface area (Å²) in [5.41, 5.74) is 6.72. The van der Waals surface area contributed by atoms with Crippen LogP contribution in [0.5, 0.6) is 0 Å². The highest BCUT2D eigenvalue weighted by atomic mass is 16.5. The number of hydrogen-bond donors (Lipinski definition) is 2. The fourth-order valence-electron chi connectivity index (χ4n) is 4.15. The predicted molar refractivity (Wildman–Crippen MR) is 125 cm³/mol. The van der Waals surface area contributed by atoms with E-state index in [2.05, 4.69) is 87.8 Å². The molecule has 30 heavy (non-hydrogen) atoms. The zero-order chi connectivity index (χ0) is 21.9. The molecule has 0 saturated heterocycles. The molecule has 0 fully saturated rings. The van der Waals surface area contributed by atoms with Crippen LogP contribution in [-0.2, 0) is 10.3 Å². The van der Waals surface area contributed by atoms with Crippen molar-refractivity contribution in [2.45, 2.75) is 59.3 Å². The van der Waals surface area contributed by atoms with Crippen molar-refractivity contribution in [2.75, 3.05) is 0 Å². The summed E-state index contributed by atoms with van der Waals surface area (Å²) in [6.45, 7) is 12.0. The minimum Gasteiger partial charge on any atom is -0.488 e. The van der Waals surface area contributed by atoms with Crippen LogP contribution in [0.15, 0.2) is 72.7 Å². The molecule has 3 rings (SSSR count). The summed E-state index contributed by atoms with van der Waals surface area (Å²) in [4.78, 5) is 0. The maximum absolute atomic E-state index is 9.62. The first-order valence-electron chi connectivity index (χ1n) is 10.5. The molecule has 0 radical (unpaired) electrons. The molecule has 2 atom stereocenters. The van der Waals surface area contributed by atoms with E-state index in [4.69, 9.17) is 4.74 Å². The standard InChI is InChI=1S/C27H33NO2/c1-18-13-19(2)15-23(14-18)22-11-12-26(28-17-22)24-9-7-8-10-25(24)27(5,6)30-21(4)16-20(3)29/h7-17,20,26,28-29H,1-6H3/b21-16-. The number of aryl methyl sites for hydroxylation is 2. The highest BCUT2D eigenvalue weighted by Gasteiger charge is 2.28. The Kier molecular flexibility index (Phi) is 6.52. The Morgan fingerprint density at radius 1 is 1.13 bits per heavy atom. The predicted octanol–water partition coefficient (Wildman–Crippen LogP) is 6.08. The first-order valence-corrected chi connectivity index (χ1v) is 10.5. The Labute approximate surface area is 180 Å². The minimum absolute atomic E-state index is 0.0692. The second kappa shape index (κ2) is 8.93. The number of dihydropyridines is 1. The maximum Gasteiger partial charge on any atom is 0.128 e. The number of hydrogen-bond acceptors (Lipinski definition) is 3. The van der Waals surface area contributed by atoms with E-state index in [9.17, 15) is 5.11 Å². The highest BCUT2D eigenvalue weighted by Crippen LogP contribution is 2.35. The molecule has 0 aromatic heterocycles. The third-order valence-electron chi connectivity index (χ3n) is 5.28. The SMILES string of the molecule is C/C(=C/C(C)O)OC(C)(C)c1ccccc1C1C=CC(c2cc(C)cc(C)c2)=CN1. The van der Waals surface area contributed by atoms with E-state index >= 15 is 0 Å². The van der Waals surface area contributed by atoms with Crippen LogP contribution in [0.25, 0.3) is 5.57 Å². The average Bonchev–Trinajstić information content (AvgIpc) is 2.66. The van der Waals surface area contributed by atoms with Crippen LogP contribution >= 0.6 is 0 Å². The number of ether oxygens (including phenoxy) is 1. The topological polar surface area (TPSA) is 41.5 Å². The normalized spacial score (nSPS) is 17.9. The van der Waals surface area contributed by atoms with Crippen molar-refractivity contribution < 1.29 is 9.84 Å². The van der Waals surface area contributed by atoms with E-state index in [1.807, 2.05) is 13.0 Å². The van der Waals surface area contributed by atoms with Crippen LogP contribution in [0.3, 0.4) is 0 Å². The van der Waals surface area contributed by atoms with Crippen LogP contribution < -0.4 is 5.32 Å². The molecule has 0 saturated carbocycles. The van der Waals surface area contributed by atoms with Crippen LogP contribution in [0.4, 0.5) is 0 Å². The van der Waals surface area contributed by atoms with E-state index in [1.54, 1.807) is 13.0 Å². The Hall–Kier alpha value is -2.78. The van der Waals surface area contributed by atoms with Gasteiger partial charge in [-0.3, -0.25) is 0 Å². The summed E-state index contributed by atoms with van der Waals surface area (Å²) in [6.07, 6.45) is 7.69. The van der Waals surface area contributed by atoms with E-state index in [0.29, 0.717) is 5.76 Å². The Balaban J connectivity index is 1.85. The van der Waals surface area contributed by atoms with Crippen molar-refractivity contribution in [1.82, 2.24) is 5.32 Å². The van der Waals surface area contributed by atoms with Gasteiger partial charge in [-0.15, -0.1) is 0 Å². The van der Waals surface area contributed by atoms with E-state index in [0.717, 1.165) is 5.56 Å². The molecule has 1 aliphatic rings. The van der Waals surface area contributed by atoms with Crippen LogP contribution in [0.1, 0.15) is 61.6 Å². The third kappa shape index (κ3) is 5.22. The van der Waals surface area contributed by atoms with Crippen molar-refractivity contribution >= 4 is 5.57 Å². The van der Waals surface area contributed by atoms with Gasteiger partial charge in [-0.25, -0.2) is 0 Å². The number of aliphatic hydroxyl groups is 1. The van der Waals surface area contributed by atoms with Gasteiger partial charge in [0.1, 0.15) is 5.60 Å². The van der Waals surface area contributed by atoms with Gasteiger partial charge in [-0.1, -0.05) is 65.7 Å². The third-order valence-corrected chi connectivity index (χ3v) is 5.28. The molecule has 3 heteroatoms. The molecule has 2 N–H and O–H groups in total. The first kappa shape index (κ1) is 21.9. The number of allylic oxidation sites excluding steroid dienone is 3. The summed E-state index contributed by atoms with van der Waals surface area (Å²) in [5.74, 6) is 0.717. The number of aliphatic hydroxyl groups excluding tert-OH is 1. The zero-order valence-electron chi connectivity index (χ0n) is 18.9. The monoisotopic (exact) mass is 403 g/mol. The van der Waals surface area contributed by atoms with Gasteiger partial charge in [-0.2, -0.15) is 0 Å². The molecule has 2 unspecified atom stereocenters. The van der Waals surface area contributed by atoms with E-state index in [-0.39, 0.29) is 6.04 Å². The second-order valence-corrected chi connectivity index (χ2v) is 8.70. The highest BCUT2D eigenvalue weighted by molar-refractivity contribution is 5.75. The second-order valence-electron chi connectivity index (χ2n) is 8.70. The zero-order valence-corrected chi connectivity index (χ0v) is 18.9. The summed E-state index contributed by atoms with van der Waals surface area (Å²) >= 11 is 0. The lowest BCUT2D eigenvalue weighted by atomic mass is 9.88. The van der Waals surface area contributed by atoms with Gasteiger partial charge < -0.3 is 15.2 Å². The molecule has 1 aliphatic heterocycles. The summed E-state index contributed by atoms with van der Waals surface area (Å²) in [5, 5.41) is 13.2. The van der Waals surface area contributed by atoms with Gasteiger partial charge in [0.25, 0.3) is 0 Å². The van der Waals surface area contributed by atoms with Gasteiger partial charge in [0.05, 0.1) is 17.9 Å². The molecule has 158 valence electrons. The first-order chi connectivity index (χ1) is 14.2. The van der Waals surface area contributed by atoms with Crippen molar-refractivity contribution in [2.24, 2.45) is 0 Å². The average molecular weight is 404 g/mol. The molecular formula is C27H33NO2. The number of benzene rings is 2. The van der Waals surface area contributed by atoms with Crippen molar-refractivity contribution in [3.8, 4) is 0 Å². The minimum atomic E-state index is -0.534. The lowest BCUT2D eigenvalue weighted by Crippen LogP contribution is -2.26. The van der Waals surface area contributed by atoms with E-state index in [1.165, 1.54) is 27.8 Å². The van der Waals surface area contributed by atoms with Crippen LogP contribution in [0.2, 0.25) is 0 Å². The van der Waals surface area contributed by atoms with Crippen LogP contribution in [0, 0.1) is 13.8 Å². The molecule has 0 aliphatic carbocycles. The van der Waals surface area contributed by atoms with Crippen molar-refractivity contribution in [3.05, 3.63) is 100 Å². The van der Waals surface area contributed by atoms with Crippen molar-refractivity contribution in [3.63, 3.8) is 0 Å². The van der Waals surface area contributed by atoms with Gasteiger partial charge in [0, 0.05) is 11.8 Å². The molecule has 0 amide bonds. The molecule has 0 spiro atoms. The number of nitrogens with one attached hydrogen (secondary N) is 1. The van der Waals surface area contributed by atoms with Gasteiger partial charge in [0.15, 0.2) is 0 Å². The Bertz CT molecular complexity index is 975. The fourth-order valence-corrected chi connectivity index (χ4v) is 4.15. The van der Waals surface area contributed by atoms with Crippen LogP contribution in [-0.4, -0.2) is 11.2 Å². The maximum atomic E-state index is 9.62. The lowest BCUT2D eigenvalue weighted by Gasteiger charge is -2.32. The quantitative estimate of drug-likeness (QED) is 0.574. The largest absolute Gasteiger partial charge is 0.488 e. The van der Waals surface area contributed by atoms with Gasteiger partial charge in [-0.05, 0) is 64.3 Å². The molecule has 2 aromatic rings. The van der Waals surface area contributed by atoms with E-state index < -0.39 is 11.7 Å². The fraction of sp³-hybridized carbons (Fsp3) is 0.333. The summed E-state index contributed by atoms with van der Waals surface area (Å²) < 4.78 is 6.22. The Morgan fingerprint density at radius 3 is 2.40 bits per heavy atom.